The largest absolute Gasteiger partial charge is 0.309 e. The summed E-state index contributed by atoms with van der Waals surface area (Å²) in [6, 6.07) is 93.9. The van der Waals surface area contributed by atoms with Crippen LogP contribution < -0.4 is 4.90 Å². The standard InChI is InChI=1S/C66H42N2S/c1-3-17-43(18-4-1)45-33-36-50(37-34-45)67(60-31-16-22-46-21-7-8-25-52(46)60)62-42-49(40-59-55-28-13-14-32-63(55)69-66(59)62)48-35-38-58-61(41-48)68(51-24-15-23-47(39-51)44-19-5-2-6-20-44)65-57-30-12-10-27-54(57)53-26-9-11-29-56(53)64(58)65/h1-42H. The SMILES string of the molecule is c1ccc(-c2ccc(N(c3cccc4ccccc34)c3cc(-c4ccc5c6c7ccccc7c7ccccc7c6n(-c6cccc(-c7ccccc7)c6)c5c4)cc4c3sc3ccccc34)cc2)cc1. The Bertz CT molecular complexity index is 4290. The molecule has 0 N–H and O–H groups in total. The van der Waals surface area contributed by atoms with E-state index in [1.54, 1.807) is 0 Å². The first-order chi connectivity index (χ1) is 34.2. The van der Waals surface area contributed by atoms with Crippen LogP contribution in [0, 0.1) is 0 Å². The molecule has 0 saturated heterocycles. The van der Waals surface area contributed by atoms with Gasteiger partial charge < -0.3 is 9.47 Å². The summed E-state index contributed by atoms with van der Waals surface area (Å²) < 4.78 is 5.06. The number of thiophene rings is 1. The molecule has 2 aromatic heterocycles. The molecular formula is C66H42N2S. The average molecular weight is 895 g/mol. The van der Waals surface area contributed by atoms with Gasteiger partial charge in [-0.15, -0.1) is 11.3 Å². The smallest absolute Gasteiger partial charge is 0.0646 e. The number of fused-ring (bicyclic) bond motifs is 12. The molecule has 0 saturated carbocycles. The highest BCUT2D eigenvalue weighted by Gasteiger charge is 2.24. The lowest BCUT2D eigenvalue weighted by Crippen LogP contribution is -2.11. The van der Waals surface area contributed by atoms with Gasteiger partial charge in [-0.2, -0.15) is 0 Å². The number of nitrogens with zero attached hydrogens (tertiary/aromatic N) is 2. The van der Waals surface area contributed by atoms with Gasteiger partial charge in [0.15, 0.2) is 0 Å². The Kier molecular flexibility index (Phi) is 9.11. The first-order valence-corrected chi connectivity index (χ1v) is 24.5. The highest BCUT2D eigenvalue weighted by molar-refractivity contribution is 7.26. The average Bonchev–Trinajstić information content (AvgIpc) is 3.98. The van der Waals surface area contributed by atoms with Gasteiger partial charge in [0.05, 0.1) is 27.1 Å². The van der Waals surface area contributed by atoms with Crippen molar-refractivity contribution in [1.29, 1.82) is 0 Å². The Morgan fingerprint density at radius 3 is 1.67 bits per heavy atom. The van der Waals surface area contributed by atoms with Crippen molar-refractivity contribution in [2.24, 2.45) is 0 Å². The number of hydrogen-bond donors (Lipinski definition) is 0. The van der Waals surface area contributed by atoms with E-state index in [2.05, 4.69) is 264 Å². The summed E-state index contributed by atoms with van der Waals surface area (Å²) in [5, 5.41) is 12.5. The molecule has 0 aliphatic rings. The number of anilines is 3. The molecule has 0 radical (unpaired) electrons. The van der Waals surface area contributed by atoms with Crippen molar-refractivity contribution in [1.82, 2.24) is 4.57 Å². The predicted octanol–water partition coefficient (Wildman–Crippen LogP) is 19.1. The van der Waals surface area contributed by atoms with Crippen LogP contribution in [0.1, 0.15) is 0 Å². The van der Waals surface area contributed by atoms with Crippen molar-refractivity contribution in [3.63, 3.8) is 0 Å². The maximum Gasteiger partial charge on any atom is 0.0646 e. The molecule has 0 fully saturated rings. The zero-order valence-corrected chi connectivity index (χ0v) is 38.4. The van der Waals surface area contributed by atoms with Crippen LogP contribution in [-0.4, -0.2) is 4.57 Å². The maximum atomic E-state index is 2.53. The van der Waals surface area contributed by atoms with E-state index >= 15 is 0 Å². The van der Waals surface area contributed by atoms with E-state index in [4.69, 9.17) is 0 Å². The number of aromatic nitrogens is 1. The van der Waals surface area contributed by atoms with Gasteiger partial charge >= 0.3 is 0 Å². The molecule has 0 aliphatic carbocycles. The van der Waals surface area contributed by atoms with Crippen molar-refractivity contribution in [2.45, 2.75) is 0 Å². The Morgan fingerprint density at radius 1 is 0.319 bits per heavy atom. The van der Waals surface area contributed by atoms with Gasteiger partial charge in [-0.1, -0.05) is 200 Å². The van der Waals surface area contributed by atoms with Crippen LogP contribution in [0.3, 0.4) is 0 Å². The second kappa shape index (κ2) is 16.0. The molecule has 0 amide bonds. The molecule has 0 bridgehead atoms. The quantitative estimate of drug-likeness (QED) is 0.145. The summed E-state index contributed by atoms with van der Waals surface area (Å²) in [4.78, 5) is 2.50. The van der Waals surface area contributed by atoms with Crippen molar-refractivity contribution in [3.05, 3.63) is 255 Å². The lowest BCUT2D eigenvalue weighted by Gasteiger charge is -2.28. The molecule has 14 aromatic rings. The Labute approximate surface area is 403 Å². The van der Waals surface area contributed by atoms with Crippen molar-refractivity contribution in [2.75, 3.05) is 4.90 Å². The van der Waals surface area contributed by atoms with Gasteiger partial charge in [0.2, 0.25) is 0 Å². The van der Waals surface area contributed by atoms with E-state index in [0.717, 1.165) is 28.3 Å². The van der Waals surface area contributed by atoms with Crippen molar-refractivity contribution in [3.8, 4) is 39.1 Å². The minimum Gasteiger partial charge on any atom is -0.309 e. The molecule has 69 heavy (non-hydrogen) atoms. The monoisotopic (exact) mass is 894 g/mol. The van der Waals surface area contributed by atoms with Gasteiger partial charge in [-0.3, -0.25) is 0 Å². The molecule has 0 atom stereocenters. The Hall–Kier alpha value is -8.76. The van der Waals surface area contributed by atoms with E-state index in [0.29, 0.717) is 0 Å². The van der Waals surface area contributed by atoms with Gasteiger partial charge in [-0.05, 0) is 110 Å². The molecule has 14 rings (SSSR count). The molecule has 0 spiro atoms. The zero-order chi connectivity index (χ0) is 45.4. The van der Waals surface area contributed by atoms with Gasteiger partial charge in [0.25, 0.3) is 0 Å². The van der Waals surface area contributed by atoms with Crippen LogP contribution in [0.25, 0.3) is 113 Å². The van der Waals surface area contributed by atoms with Gasteiger partial charge in [0, 0.05) is 48.4 Å². The van der Waals surface area contributed by atoms with Crippen LogP contribution in [0.4, 0.5) is 17.1 Å². The molecule has 0 aliphatic heterocycles. The molecule has 322 valence electrons. The first-order valence-electron chi connectivity index (χ1n) is 23.7. The normalized spacial score (nSPS) is 11.8. The molecular weight excluding hydrogens is 853 g/mol. The van der Waals surface area contributed by atoms with E-state index in [1.165, 1.54) is 102 Å². The summed E-state index contributed by atoms with van der Waals surface area (Å²) in [6.45, 7) is 0. The minimum atomic E-state index is 1.11. The molecule has 12 aromatic carbocycles. The van der Waals surface area contributed by atoms with E-state index in [9.17, 15) is 0 Å². The summed E-state index contributed by atoms with van der Waals surface area (Å²) in [5.74, 6) is 0. The number of hydrogen-bond acceptors (Lipinski definition) is 2. The highest BCUT2D eigenvalue weighted by Crippen LogP contribution is 2.50. The molecule has 3 heteroatoms. The fourth-order valence-corrected chi connectivity index (χ4v) is 12.2. The second-order valence-corrected chi connectivity index (χ2v) is 19.1. The molecule has 2 nitrogen and oxygen atoms in total. The van der Waals surface area contributed by atoms with E-state index < -0.39 is 0 Å². The summed E-state index contributed by atoms with van der Waals surface area (Å²) >= 11 is 1.88. The zero-order valence-electron chi connectivity index (χ0n) is 37.6. The third-order valence-electron chi connectivity index (χ3n) is 14.1. The third kappa shape index (κ3) is 6.39. The second-order valence-electron chi connectivity index (χ2n) is 18.0. The lowest BCUT2D eigenvalue weighted by atomic mass is 9.96. The lowest BCUT2D eigenvalue weighted by molar-refractivity contribution is 1.19. The third-order valence-corrected chi connectivity index (χ3v) is 15.3. The van der Waals surface area contributed by atoms with Crippen LogP contribution in [0.15, 0.2) is 255 Å². The van der Waals surface area contributed by atoms with Crippen LogP contribution in [0.2, 0.25) is 0 Å². The minimum absolute atomic E-state index is 1.11. The Morgan fingerprint density at radius 2 is 0.884 bits per heavy atom. The van der Waals surface area contributed by atoms with E-state index in [1.807, 2.05) is 11.3 Å². The van der Waals surface area contributed by atoms with Crippen LogP contribution in [0.5, 0.6) is 0 Å². The molecule has 2 heterocycles. The summed E-state index contributed by atoms with van der Waals surface area (Å²) in [5.41, 5.74) is 14.0. The van der Waals surface area contributed by atoms with Gasteiger partial charge in [0.1, 0.15) is 0 Å². The highest BCUT2D eigenvalue weighted by atomic mass is 32.1. The Balaban J connectivity index is 1.06. The fraction of sp³-hybridized carbons (Fsp3) is 0. The summed E-state index contributed by atoms with van der Waals surface area (Å²) in [7, 11) is 0. The van der Waals surface area contributed by atoms with E-state index in [-0.39, 0.29) is 0 Å². The fourth-order valence-electron chi connectivity index (χ4n) is 11.0. The first kappa shape index (κ1) is 39.4. The maximum absolute atomic E-state index is 2.53. The number of benzene rings is 12. The van der Waals surface area contributed by atoms with Crippen LogP contribution >= 0.6 is 11.3 Å². The number of rotatable bonds is 7. The van der Waals surface area contributed by atoms with Gasteiger partial charge in [-0.25, -0.2) is 0 Å². The predicted molar refractivity (Wildman–Crippen MR) is 297 cm³/mol. The van der Waals surface area contributed by atoms with Crippen molar-refractivity contribution < 1.29 is 0 Å². The van der Waals surface area contributed by atoms with Crippen LogP contribution in [-0.2, 0) is 0 Å². The van der Waals surface area contributed by atoms with Crippen molar-refractivity contribution >= 4 is 103 Å². The topological polar surface area (TPSA) is 8.17 Å². The molecule has 0 unspecified atom stereocenters. The summed E-state index contributed by atoms with van der Waals surface area (Å²) in [6.07, 6.45) is 0.